The molecule has 1 fully saturated rings. The maximum absolute atomic E-state index is 12.2. The van der Waals surface area contributed by atoms with Crippen LogP contribution in [0.25, 0.3) is 0 Å². The highest BCUT2D eigenvalue weighted by molar-refractivity contribution is 6.35. The smallest absolute Gasteiger partial charge is 0.258 e. The van der Waals surface area contributed by atoms with Gasteiger partial charge in [-0.3, -0.25) is 4.79 Å². The van der Waals surface area contributed by atoms with Crippen molar-refractivity contribution in [2.24, 2.45) is 5.92 Å². The molecule has 2 aromatic carbocycles. The maximum atomic E-state index is 12.2. The molecule has 150 valence electrons. The average molecular weight is 421 g/mol. The van der Waals surface area contributed by atoms with Gasteiger partial charge in [-0.1, -0.05) is 42.3 Å². The van der Waals surface area contributed by atoms with Crippen molar-refractivity contribution in [3.05, 3.63) is 58.1 Å². The number of hydrogen-bond donors (Lipinski definition) is 1. The van der Waals surface area contributed by atoms with E-state index < -0.39 is 0 Å². The van der Waals surface area contributed by atoms with Gasteiger partial charge in [-0.15, -0.1) is 0 Å². The summed E-state index contributed by atoms with van der Waals surface area (Å²) in [5, 5.41) is 3.87. The number of ether oxygens (including phenoxy) is 1. The number of rotatable bonds is 6. The summed E-state index contributed by atoms with van der Waals surface area (Å²) >= 11 is 11.9. The maximum Gasteiger partial charge on any atom is 0.258 e. The van der Waals surface area contributed by atoms with Crippen LogP contribution in [0, 0.1) is 5.92 Å². The van der Waals surface area contributed by atoms with Crippen LogP contribution in [0.1, 0.15) is 38.3 Å². The van der Waals surface area contributed by atoms with Crippen LogP contribution in [-0.4, -0.2) is 25.6 Å². The number of carbonyl (C=O) groups is 1. The summed E-state index contributed by atoms with van der Waals surface area (Å²) in [4.78, 5) is 14.7. The molecule has 2 aromatic rings. The first-order valence-electron chi connectivity index (χ1n) is 9.64. The van der Waals surface area contributed by atoms with Crippen LogP contribution in [-0.2, 0) is 4.79 Å². The van der Waals surface area contributed by atoms with Gasteiger partial charge in [0.05, 0.1) is 11.1 Å². The van der Waals surface area contributed by atoms with Gasteiger partial charge in [-0.05, 0) is 61.6 Å². The van der Waals surface area contributed by atoms with Gasteiger partial charge in [0.25, 0.3) is 5.91 Å². The molecule has 28 heavy (non-hydrogen) atoms. The van der Waals surface area contributed by atoms with E-state index in [1.807, 2.05) is 6.92 Å². The number of carbonyl (C=O) groups excluding carboxylic acids is 1. The molecule has 6 heteroatoms. The summed E-state index contributed by atoms with van der Waals surface area (Å²) in [6.45, 7) is 6.38. The van der Waals surface area contributed by atoms with Crippen LogP contribution < -0.4 is 15.0 Å². The lowest BCUT2D eigenvalue weighted by atomic mass is 9.99. The van der Waals surface area contributed by atoms with Crippen molar-refractivity contribution in [1.29, 1.82) is 0 Å². The summed E-state index contributed by atoms with van der Waals surface area (Å²) in [7, 11) is 0. The van der Waals surface area contributed by atoms with Crippen molar-refractivity contribution in [1.82, 2.24) is 5.32 Å². The van der Waals surface area contributed by atoms with E-state index in [0.29, 0.717) is 15.8 Å². The first-order valence-corrected chi connectivity index (χ1v) is 10.4. The van der Waals surface area contributed by atoms with E-state index in [1.54, 1.807) is 18.2 Å². The minimum atomic E-state index is -0.201. The fraction of sp³-hybridized carbons (Fsp3) is 0.409. The Labute approximate surface area is 176 Å². The van der Waals surface area contributed by atoms with Gasteiger partial charge in [-0.25, -0.2) is 0 Å². The average Bonchev–Trinajstić information content (AvgIpc) is 2.67. The van der Waals surface area contributed by atoms with Crippen LogP contribution >= 0.6 is 23.2 Å². The molecule has 1 aliphatic rings. The van der Waals surface area contributed by atoms with Crippen LogP contribution in [0.3, 0.4) is 0 Å². The molecule has 0 bridgehead atoms. The van der Waals surface area contributed by atoms with E-state index in [9.17, 15) is 4.79 Å². The predicted octanol–water partition coefficient (Wildman–Crippen LogP) is 5.49. The quantitative estimate of drug-likeness (QED) is 0.671. The normalized spacial score (nSPS) is 17.9. The zero-order valence-electron chi connectivity index (χ0n) is 16.3. The molecular weight excluding hydrogens is 395 g/mol. The lowest BCUT2D eigenvalue weighted by molar-refractivity contribution is -0.123. The Hall–Kier alpha value is -1.91. The van der Waals surface area contributed by atoms with Gasteiger partial charge in [-0.2, -0.15) is 0 Å². The summed E-state index contributed by atoms with van der Waals surface area (Å²) in [6, 6.07) is 13.2. The third-order valence-electron chi connectivity index (χ3n) is 5.05. The van der Waals surface area contributed by atoms with Gasteiger partial charge in [0.2, 0.25) is 0 Å². The first-order chi connectivity index (χ1) is 13.4. The summed E-state index contributed by atoms with van der Waals surface area (Å²) < 4.78 is 5.49. The van der Waals surface area contributed by atoms with Crippen molar-refractivity contribution in [2.75, 3.05) is 24.6 Å². The highest BCUT2D eigenvalue weighted by Gasteiger charge is 2.17. The second-order valence-corrected chi connectivity index (χ2v) is 8.28. The number of halogens is 2. The Kier molecular flexibility index (Phi) is 7.08. The Bertz CT molecular complexity index is 811. The number of piperidine rings is 1. The molecular formula is C22H26Cl2N2O2. The second-order valence-electron chi connectivity index (χ2n) is 7.44. The van der Waals surface area contributed by atoms with Crippen molar-refractivity contribution < 1.29 is 9.53 Å². The van der Waals surface area contributed by atoms with E-state index in [2.05, 4.69) is 41.4 Å². The van der Waals surface area contributed by atoms with Gasteiger partial charge >= 0.3 is 0 Å². The molecule has 0 unspecified atom stereocenters. The van der Waals surface area contributed by atoms with Gasteiger partial charge in [0.1, 0.15) is 5.75 Å². The molecule has 3 rings (SSSR count). The molecule has 0 spiro atoms. The SMILES string of the molecule is C[C@H]1CCCN(c2ccc([C@H](C)NC(=O)COc3ccc(Cl)cc3Cl)cc2)C1. The third-order valence-corrected chi connectivity index (χ3v) is 5.58. The Morgan fingerprint density at radius 2 is 2.00 bits per heavy atom. The minimum Gasteiger partial charge on any atom is -0.482 e. The summed E-state index contributed by atoms with van der Waals surface area (Å²) in [6.07, 6.45) is 2.55. The number of nitrogens with zero attached hydrogens (tertiary/aromatic N) is 1. The highest BCUT2D eigenvalue weighted by Crippen LogP contribution is 2.27. The van der Waals surface area contributed by atoms with Crippen LogP contribution in [0.4, 0.5) is 5.69 Å². The van der Waals surface area contributed by atoms with Crippen LogP contribution in [0.15, 0.2) is 42.5 Å². The van der Waals surface area contributed by atoms with E-state index in [0.717, 1.165) is 24.6 Å². The molecule has 4 nitrogen and oxygen atoms in total. The van der Waals surface area contributed by atoms with Crippen molar-refractivity contribution in [2.45, 2.75) is 32.7 Å². The van der Waals surface area contributed by atoms with E-state index in [-0.39, 0.29) is 18.6 Å². The lowest BCUT2D eigenvalue weighted by Crippen LogP contribution is -2.34. The molecule has 0 aliphatic carbocycles. The van der Waals surface area contributed by atoms with E-state index in [1.165, 1.54) is 18.5 Å². The molecule has 2 atom stereocenters. The Balaban J connectivity index is 1.52. The third kappa shape index (κ3) is 5.55. The minimum absolute atomic E-state index is 0.102. The Morgan fingerprint density at radius 1 is 1.25 bits per heavy atom. The Morgan fingerprint density at radius 3 is 2.68 bits per heavy atom. The van der Waals surface area contributed by atoms with Crippen LogP contribution in [0.5, 0.6) is 5.75 Å². The summed E-state index contributed by atoms with van der Waals surface area (Å²) in [5.74, 6) is 0.974. The second kappa shape index (κ2) is 9.53. The molecule has 1 amide bonds. The lowest BCUT2D eigenvalue weighted by Gasteiger charge is -2.33. The summed E-state index contributed by atoms with van der Waals surface area (Å²) in [5.41, 5.74) is 2.31. The largest absolute Gasteiger partial charge is 0.482 e. The van der Waals surface area contributed by atoms with Crippen molar-refractivity contribution >= 4 is 34.8 Å². The predicted molar refractivity (Wildman–Crippen MR) is 116 cm³/mol. The monoisotopic (exact) mass is 420 g/mol. The number of amides is 1. The molecule has 1 heterocycles. The zero-order valence-corrected chi connectivity index (χ0v) is 17.8. The van der Waals surface area contributed by atoms with Gasteiger partial charge in [0.15, 0.2) is 6.61 Å². The molecule has 0 saturated carbocycles. The highest BCUT2D eigenvalue weighted by atomic mass is 35.5. The van der Waals surface area contributed by atoms with Crippen molar-refractivity contribution in [3.63, 3.8) is 0 Å². The topological polar surface area (TPSA) is 41.6 Å². The first kappa shape index (κ1) is 20.8. The number of anilines is 1. The molecule has 0 radical (unpaired) electrons. The van der Waals surface area contributed by atoms with Gasteiger partial charge in [0, 0.05) is 23.8 Å². The fourth-order valence-electron chi connectivity index (χ4n) is 3.50. The number of benzene rings is 2. The van der Waals surface area contributed by atoms with E-state index in [4.69, 9.17) is 27.9 Å². The molecule has 1 aliphatic heterocycles. The fourth-order valence-corrected chi connectivity index (χ4v) is 3.96. The standard InChI is InChI=1S/C22H26Cl2N2O2/c1-15-4-3-11-26(13-15)19-8-5-17(6-9-19)16(2)25-22(27)14-28-21-10-7-18(23)12-20(21)24/h5-10,12,15-16H,3-4,11,13-14H2,1-2H3,(H,25,27)/t15-,16-/m0/s1. The van der Waals surface area contributed by atoms with Gasteiger partial charge < -0.3 is 15.0 Å². The molecule has 1 saturated heterocycles. The number of hydrogen-bond acceptors (Lipinski definition) is 3. The zero-order chi connectivity index (χ0) is 20.1. The van der Waals surface area contributed by atoms with Crippen molar-refractivity contribution in [3.8, 4) is 5.75 Å². The van der Waals surface area contributed by atoms with E-state index >= 15 is 0 Å². The van der Waals surface area contributed by atoms with Crippen LogP contribution in [0.2, 0.25) is 10.0 Å². The molecule has 0 aromatic heterocycles. The number of nitrogens with one attached hydrogen (secondary N) is 1. The molecule has 1 N–H and O–H groups in total.